The lowest BCUT2D eigenvalue weighted by molar-refractivity contribution is -0.0467. The van der Waals surface area contributed by atoms with Crippen molar-refractivity contribution >= 4 is 17.2 Å². The zero-order valence-electron chi connectivity index (χ0n) is 10.9. The van der Waals surface area contributed by atoms with Crippen molar-refractivity contribution in [2.75, 3.05) is 6.61 Å². The average Bonchev–Trinajstić information content (AvgIpc) is 2.46. The lowest BCUT2D eigenvalue weighted by Gasteiger charge is -2.17. The van der Waals surface area contributed by atoms with Gasteiger partial charge in [0.05, 0.1) is 0 Å². The molecule has 0 radical (unpaired) electrons. The summed E-state index contributed by atoms with van der Waals surface area (Å²) < 4.78 is 46.4. The van der Waals surface area contributed by atoms with E-state index in [1.807, 2.05) is 0 Å². The summed E-state index contributed by atoms with van der Waals surface area (Å²) >= 11 is 4.66. The number of hydrogen-bond acceptors (Lipinski definition) is 2. The summed E-state index contributed by atoms with van der Waals surface area (Å²) in [7, 11) is 0. The van der Waals surface area contributed by atoms with Gasteiger partial charge < -0.3 is 10.5 Å². The van der Waals surface area contributed by atoms with Crippen molar-refractivity contribution in [3.63, 3.8) is 0 Å². The minimum Gasteiger partial charge on any atom is -0.487 e. The van der Waals surface area contributed by atoms with Gasteiger partial charge in [0, 0.05) is 17.2 Å². The minimum absolute atomic E-state index is 0.0110. The smallest absolute Gasteiger partial charge is 0.306 e. The molecule has 2 aromatic rings. The van der Waals surface area contributed by atoms with Crippen molar-refractivity contribution in [2.45, 2.75) is 5.92 Å². The van der Waals surface area contributed by atoms with Gasteiger partial charge in [-0.05, 0) is 12.1 Å². The summed E-state index contributed by atoms with van der Waals surface area (Å²) in [5.74, 6) is -3.88. The number of benzene rings is 2. The number of halogens is 3. The maximum atomic E-state index is 13.9. The highest BCUT2D eigenvalue weighted by molar-refractivity contribution is 7.80. The largest absolute Gasteiger partial charge is 0.487 e. The molecule has 0 unspecified atom stereocenters. The molecule has 2 N–H and O–H groups in total. The molecule has 110 valence electrons. The SMILES string of the molecule is NC(=S)c1ccc(OCC(F)(F)c2ccccc2)cc1F. The van der Waals surface area contributed by atoms with Crippen LogP contribution in [0.1, 0.15) is 11.1 Å². The number of ether oxygens (including phenoxy) is 1. The molecule has 0 aromatic heterocycles. The van der Waals surface area contributed by atoms with E-state index in [1.54, 1.807) is 6.07 Å². The fourth-order valence-electron chi connectivity index (χ4n) is 1.72. The summed E-state index contributed by atoms with van der Waals surface area (Å²) in [4.78, 5) is -0.103. The molecule has 0 saturated heterocycles. The number of thiocarbonyl (C=S) groups is 1. The zero-order valence-corrected chi connectivity index (χ0v) is 11.7. The lowest BCUT2D eigenvalue weighted by atomic mass is 10.1. The summed E-state index contributed by atoms with van der Waals surface area (Å²) in [5.41, 5.74) is 5.20. The van der Waals surface area contributed by atoms with Gasteiger partial charge in [0.15, 0.2) is 6.61 Å². The Morgan fingerprint density at radius 2 is 1.81 bits per heavy atom. The van der Waals surface area contributed by atoms with Crippen molar-refractivity contribution in [1.29, 1.82) is 0 Å². The fraction of sp³-hybridized carbons (Fsp3) is 0.133. The molecule has 0 amide bonds. The van der Waals surface area contributed by atoms with Crippen molar-refractivity contribution in [3.8, 4) is 5.75 Å². The van der Waals surface area contributed by atoms with Gasteiger partial charge in [0.2, 0.25) is 0 Å². The Bertz CT molecular complexity index is 647. The van der Waals surface area contributed by atoms with Crippen LogP contribution in [0.15, 0.2) is 48.5 Å². The number of hydrogen-bond donors (Lipinski definition) is 1. The van der Waals surface area contributed by atoms with Gasteiger partial charge in [-0.25, -0.2) is 4.39 Å². The first kappa shape index (κ1) is 15.3. The van der Waals surface area contributed by atoms with E-state index >= 15 is 0 Å². The average molecular weight is 311 g/mol. The van der Waals surface area contributed by atoms with E-state index in [0.29, 0.717) is 0 Å². The highest BCUT2D eigenvalue weighted by Gasteiger charge is 2.32. The van der Waals surface area contributed by atoms with Gasteiger partial charge in [0.1, 0.15) is 16.6 Å². The minimum atomic E-state index is -3.17. The van der Waals surface area contributed by atoms with Crippen LogP contribution in [0.5, 0.6) is 5.75 Å². The first-order chi connectivity index (χ1) is 9.90. The Hall–Kier alpha value is -2.08. The van der Waals surface area contributed by atoms with Crippen molar-refractivity contribution in [2.24, 2.45) is 5.73 Å². The summed E-state index contributed by atoms with van der Waals surface area (Å²) in [6, 6.07) is 10.9. The Labute approximate surface area is 125 Å². The van der Waals surface area contributed by atoms with E-state index < -0.39 is 18.3 Å². The van der Waals surface area contributed by atoms with Gasteiger partial charge in [0.25, 0.3) is 0 Å². The maximum absolute atomic E-state index is 13.9. The Kier molecular flexibility index (Phi) is 4.47. The second-order valence-corrected chi connectivity index (χ2v) is 4.80. The summed E-state index contributed by atoms with van der Waals surface area (Å²) in [5, 5.41) is 0. The first-order valence-electron chi connectivity index (χ1n) is 6.05. The predicted octanol–water partition coefficient (Wildman–Crippen LogP) is 3.63. The second kappa shape index (κ2) is 6.13. The van der Waals surface area contributed by atoms with E-state index in [4.69, 9.17) is 10.5 Å². The predicted molar refractivity (Wildman–Crippen MR) is 78.1 cm³/mol. The molecule has 0 aliphatic rings. The standard InChI is InChI=1S/C15H12F3NOS/c16-13-8-11(6-7-12(13)14(19)21)20-9-15(17,18)10-4-2-1-3-5-10/h1-8H,9H2,(H2,19,21). The van der Waals surface area contributed by atoms with E-state index in [1.165, 1.54) is 36.4 Å². The van der Waals surface area contributed by atoms with Crippen LogP contribution in [0.2, 0.25) is 0 Å². The van der Waals surface area contributed by atoms with Crippen molar-refractivity contribution < 1.29 is 17.9 Å². The van der Waals surface area contributed by atoms with Crippen molar-refractivity contribution in [3.05, 3.63) is 65.5 Å². The molecule has 0 bridgehead atoms. The molecule has 21 heavy (non-hydrogen) atoms. The summed E-state index contributed by atoms with van der Waals surface area (Å²) in [6.07, 6.45) is 0. The molecule has 0 atom stereocenters. The third-order valence-electron chi connectivity index (χ3n) is 2.82. The van der Waals surface area contributed by atoms with E-state index in [0.717, 1.165) is 6.07 Å². The van der Waals surface area contributed by atoms with Crippen LogP contribution < -0.4 is 10.5 Å². The Balaban J connectivity index is 2.09. The topological polar surface area (TPSA) is 35.2 Å². The third kappa shape index (κ3) is 3.72. The molecular weight excluding hydrogens is 299 g/mol. The fourth-order valence-corrected chi connectivity index (χ4v) is 1.89. The van der Waals surface area contributed by atoms with E-state index in [-0.39, 0.29) is 21.9 Å². The maximum Gasteiger partial charge on any atom is 0.306 e. The molecule has 0 heterocycles. The van der Waals surface area contributed by atoms with Gasteiger partial charge in [-0.2, -0.15) is 8.78 Å². The molecule has 2 nitrogen and oxygen atoms in total. The highest BCUT2D eigenvalue weighted by Crippen LogP contribution is 2.29. The molecule has 0 aliphatic heterocycles. The zero-order chi connectivity index (χ0) is 15.5. The Morgan fingerprint density at radius 3 is 2.38 bits per heavy atom. The number of nitrogens with two attached hydrogens (primary N) is 1. The molecule has 6 heteroatoms. The molecule has 2 rings (SSSR count). The van der Waals surface area contributed by atoms with Gasteiger partial charge in [-0.1, -0.05) is 42.5 Å². The molecule has 2 aromatic carbocycles. The summed E-state index contributed by atoms with van der Waals surface area (Å²) in [6.45, 7) is -0.886. The van der Waals surface area contributed by atoms with Crippen LogP contribution in [-0.2, 0) is 5.92 Å². The van der Waals surface area contributed by atoms with E-state index in [2.05, 4.69) is 12.2 Å². The normalized spacial score (nSPS) is 11.2. The first-order valence-corrected chi connectivity index (χ1v) is 6.46. The van der Waals surface area contributed by atoms with Crippen LogP contribution in [0, 0.1) is 5.82 Å². The van der Waals surface area contributed by atoms with Gasteiger partial charge >= 0.3 is 5.92 Å². The second-order valence-electron chi connectivity index (χ2n) is 4.37. The number of alkyl halides is 2. The Morgan fingerprint density at radius 1 is 1.14 bits per heavy atom. The molecule has 0 saturated carbocycles. The van der Waals surface area contributed by atoms with E-state index in [9.17, 15) is 13.2 Å². The molecule has 0 spiro atoms. The van der Waals surface area contributed by atoms with Crippen LogP contribution in [0.4, 0.5) is 13.2 Å². The van der Waals surface area contributed by atoms with Gasteiger partial charge in [-0.15, -0.1) is 0 Å². The quantitative estimate of drug-likeness (QED) is 0.857. The number of rotatable bonds is 5. The molecular formula is C15H12F3NOS. The molecule has 0 fully saturated rings. The van der Waals surface area contributed by atoms with Crippen molar-refractivity contribution in [1.82, 2.24) is 0 Å². The van der Waals surface area contributed by atoms with Gasteiger partial charge in [-0.3, -0.25) is 0 Å². The van der Waals surface area contributed by atoms with Crippen LogP contribution in [0.25, 0.3) is 0 Å². The van der Waals surface area contributed by atoms with Crippen LogP contribution in [0.3, 0.4) is 0 Å². The lowest BCUT2D eigenvalue weighted by Crippen LogP contribution is -2.23. The van der Waals surface area contributed by atoms with Crippen LogP contribution in [-0.4, -0.2) is 11.6 Å². The highest BCUT2D eigenvalue weighted by atomic mass is 32.1. The monoisotopic (exact) mass is 311 g/mol. The van der Waals surface area contributed by atoms with Crippen LogP contribution >= 0.6 is 12.2 Å². The third-order valence-corrected chi connectivity index (χ3v) is 3.04. The molecule has 0 aliphatic carbocycles.